The fourth-order valence-corrected chi connectivity index (χ4v) is 4.32. The van der Waals surface area contributed by atoms with Crippen LogP contribution in [0.1, 0.15) is 50.7 Å². The van der Waals surface area contributed by atoms with Crippen LogP contribution in [0.3, 0.4) is 0 Å². The van der Waals surface area contributed by atoms with E-state index in [0.717, 1.165) is 19.5 Å². The second kappa shape index (κ2) is 9.11. The largest absolute Gasteiger partial charge is 0.392 e. The molecule has 0 spiro atoms. The standard InChI is InChI=1S/C24H32N6O/c1-24(2)20(14-21(24)31)28-22-18(15-25)16-27-23(29-22)26-11-10-17-6-8-19(9-7-17)30-12-4-3-5-13-30/h6-9,16,20-21,31H,3-5,10-14H2,1-2H3,(H2,26,27,28,29)/t20-,21+/m1/s1. The molecule has 1 aliphatic carbocycles. The maximum absolute atomic E-state index is 9.97. The number of aromatic nitrogens is 2. The van der Waals surface area contributed by atoms with Crippen molar-refractivity contribution in [3.05, 3.63) is 41.6 Å². The van der Waals surface area contributed by atoms with Gasteiger partial charge >= 0.3 is 0 Å². The molecule has 0 unspecified atom stereocenters. The first-order chi connectivity index (χ1) is 15.0. The normalized spacial score (nSPS) is 22.3. The van der Waals surface area contributed by atoms with E-state index in [4.69, 9.17) is 0 Å². The van der Waals surface area contributed by atoms with Crippen LogP contribution in [0.15, 0.2) is 30.5 Å². The smallest absolute Gasteiger partial charge is 0.224 e. The van der Waals surface area contributed by atoms with Crippen LogP contribution in [0.4, 0.5) is 17.5 Å². The first-order valence-corrected chi connectivity index (χ1v) is 11.3. The molecule has 1 saturated heterocycles. The van der Waals surface area contributed by atoms with Crippen molar-refractivity contribution in [1.29, 1.82) is 5.26 Å². The number of nitrogens with zero attached hydrogens (tertiary/aromatic N) is 4. The molecule has 3 N–H and O–H groups in total. The third kappa shape index (κ3) is 4.75. The Morgan fingerprint density at radius 1 is 1.19 bits per heavy atom. The van der Waals surface area contributed by atoms with Crippen LogP contribution in [0.25, 0.3) is 0 Å². The molecule has 2 aliphatic rings. The summed E-state index contributed by atoms with van der Waals surface area (Å²) in [5.41, 5.74) is 2.75. The summed E-state index contributed by atoms with van der Waals surface area (Å²) in [6.07, 6.45) is 6.64. The first kappa shape index (κ1) is 21.4. The lowest BCUT2D eigenvalue weighted by Crippen LogP contribution is -2.57. The van der Waals surface area contributed by atoms with Crippen LogP contribution >= 0.6 is 0 Å². The Morgan fingerprint density at radius 3 is 2.58 bits per heavy atom. The highest BCUT2D eigenvalue weighted by Crippen LogP contribution is 2.42. The summed E-state index contributed by atoms with van der Waals surface area (Å²) in [6, 6.07) is 11.1. The van der Waals surface area contributed by atoms with Crippen LogP contribution < -0.4 is 15.5 Å². The summed E-state index contributed by atoms with van der Waals surface area (Å²) in [5, 5.41) is 26.0. The van der Waals surface area contributed by atoms with Crippen LogP contribution in [0, 0.1) is 16.7 Å². The quantitative estimate of drug-likeness (QED) is 0.630. The highest BCUT2D eigenvalue weighted by Gasteiger charge is 2.47. The van der Waals surface area contributed by atoms with Crippen molar-refractivity contribution < 1.29 is 5.11 Å². The second-order valence-corrected chi connectivity index (χ2v) is 9.23. The molecule has 1 saturated carbocycles. The predicted molar refractivity (Wildman–Crippen MR) is 123 cm³/mol. The Labute approximate surface area is 184 Å². The zero-order valence-corrected chi connectivity index (χ0v) is 18.4. The number of hydrogen-bond acceptors (Lipinski definition) is 7. The summed E-state index contributed by atoms with van der Waals surface area (Å²) >= 11 is 0. The summed E-state index contributed by atoms with van der Waals surface area (Å²) in [6.45, 7) is 7.06. The van der Waals surface area contributed by atoms with E-state index in [1.807, 2.05) is 13.8 Å². The summed E-state index contributed by atoms with van der Waals surface area (Å²) in [4.78, 5) is 11.3. The first-order valence-electron chi connectivity index (χ1n) is 11.3. The van der Waals surface area contributed by atoms with Gasteiger partial charge < -0.3 is 20.6 Å². The van der Waals surface area contributed by atoms with Crippen molar-refractivity contribution in [2.75, 3.05) is 35.2 Å². The SMILES string of the molecule is CC1(C)[C@@H](O)C[C@H]1Nc1nc(NCCc2ccc(N3CCCCC3)cc2)ncc1C#N. The molecule has 0 radical (unpaired) electrons. The number of anilines is 3. The van der Waals surface area contributed by atoms with Gasteiger partial charge in [0.25, 0.3) is 0 Å². The second-order valence-electron chi connectivity index (χ2n) is 9.23. The number of nitriles is 1. The van der Waals surface area contributed by atoms with E-state index in [1.165, 1.54) is 30.5 Å². The molecule has 2 fully saturated rings. The minimum Gasteiger partial charge on any atom is -0.392 e. The van der Waals surface area contributed by atoms with E-state index in [1.54, 1.807) is 6.20 Å². The minimum atomic E-state index is -0.337. The van der Waals surface area contributed by atoms with Gasteiger partial charge in [-0.15, -0.1) is 0 Å². The average molecular weight is 421 g/mol. The van der Waals surface area contributed by atoms with Crippen LogP contribution in [0.2, 0.25) is 0 Å². The van der Waals surface area contributed by atoms with E-state index in [-0.39, 0.29) is 17.6 Å². The molecule has 0 bridgehead atoms. The number of hydrogen-bond donors (Lipinski definition) is 3. The van der Waals surface area contributed by atoms with Gasteiger partial charge in [-0.25, -0.2) is 4.98 Å². The lowest BCUT2D eigenvalue weighted by Gasteiger charge is -2.49. The van der Waals surface area contributed by atoms with Gasteiger partial charge in [-0.05, 0) is 49.8 Å². The number of rotatable bonds is 7. The maximum Gasteiger partial charge on any atom is 0.224 e. The van der Waals surface area contributed by atoms with Gasteiger partial charge in [-0.2, -0.15) is 10.2 Å². The third-order valence-electron chi connectivity index (χ3n) is 6.79. The molecule has 2 heterocycles. The molecule has 1 aromatic carbocycles. The fourth-order valence-electron chi connectivity index (χ4n) is 4.32. The Balaban J connectivity index is 1.33. The van der Waals surface area contributed by atoms with Crippen molar-refractivity contribution in [1.82, 2.24) is 9.97 Å². The van der Waals surface area contributed by atoms with Crippen molar-refractivity contribution in [2.24, 2.45) is 5.41 Å². The summed E-state index contributed by atoms with van der Waals surface area (Å²) < 4.78 is 0. The Bertz CT molecular complexity index is 930. The van der Waals surface area contributed by atoms with Crippen LogP contribution in [-0.2, 0) is 6.42 Å². The topological polar surface area (TPSA) is 97.1 Å². The van der Waals surface area contributed by atoms with E-state index < -0.39 is 0 Å². The van der Waals surface area contributed by atoms with Gasteiger partial charge in [0.05, 0.1) is 12.3 Å². The Morgan fingerprint density at radius 2 is 1.94 bits per heavy atom. The van der Waals surface area contributed by atoms with Gasteiger partial charge in [0.1, 0.15) is 17.5 Å². The highest BCUT2D eigenvalue weighted by molar-refractivity contribution is 5.54. The number of aliphatic hydroxyl groups is 1. The van der Waals surface area contributed by atoms with Crippen molar-refractivity contribution in [2.45, 2.75) is 58.1 Å². The zero-order valence-electron chi connectivity index (χ0n) is 18.4. The van der Waals surface area contributed by atoms with Gasteiger partial charge in [-0.1, -0.05) is 26.0 Å². The Hall–Kier alpha value is -2.85. The fraction of sp³-hybridized carbons (Fsp3) is 0.542. The molecule has 4 rings (SSSR count). The number of piperidine rings is 1. The summed E-state index contributed by atoms with van der Waals surface area (Å²) in [5.74, 6) is 1.03. The third-order valence-corrected chi connectivity index (χ3v) is 6.79. The van der Waals surface area contributed by atoms with Crippen molar-refractivity contribution in [3.8, 4) is 6.07 Å². The lowest BCUT2D eigenvalue weighted by atomic mass is 9.64. The lowest BCUT2D eigenvalue weighted by molar-refractivity contribution is -0.0511. The zero-order chi connectivity index (χ0) is 21.8. The molecular formula is C24H32N6O. The molecule has 7 nitrogen and oxygen atoms in total. The number of benzene rings is 1. The molecular weight excluding hydrogens is 388 g/mol. The van der Waals surface area contributed by atoms with Crippen molar-refractivity contribution >= 4 is 17.5 Å². The molecule has 2 atom stereocenters. The monoisotopic (exact) mass is 420 g/mol. The highest BCUT2D eigenvalue weighted by atomic mass is 16.3. The van der Waals surface area contributed by atoms with E-state index >= 15 is 0 Å². The number of nitrogens with one attached hydrogen (secondary N) is 2. The van der Waals surface area contributed by atoms with Gasteiger partial charge in [-0.3, -0.25) is 0 Å². The van der Waals surface area contributed by atoms with Crippen molar-refractivity contribution in [3.63, 3.8) is 0 Å². The number of aliphatic hydroxyl groups excluding tert-OH is 1. The van der Waals surface area contributed by atoms with Gasteiger partial charge in [0, 0.05) is 36.8 Å². The maximum atomic E-state index is 9.97. The van der Waals surface area contributed by atoms with Gasteiger partial charge in [0.2, 0.25) is 5.95 Å². The molecule has 1 aromatic heterocycles. The predicted octanol–water partition coefficient (Wildman–Crippen LogP) is 3.56. The molecule has 31 heavy (non-hydrogen) atoms. The molecule has 2 aromatic rings. The molecule has 0 amide bonds. The molecule has 7 heteroatoms. The van der Waals surface area contributed by atoms with Crippen LogP contribution in [-0.4, -0.2) is 46.9 Å². The molecule has 1 aliphatic heterocycles. The minimum absolute atomic E-state index is 0.0794. The average Bonchev–Trinajstić information content (AvgIpc) is 2.80. The Kier molecular flexibility index (Phi) is 6.28. The van der Waals surface area contributed by atoms with Gasteiger partial charge in [0.15, 0.2) is 0 Å². The van der Waals surface area contributed by atoms with Crippen LogP contribution in [0.5, 0.6) is 0 Å². The molecule has 164 valence electrons. The van der Waals surface area contributed by atoms with E-state index in [2.05, 4.69) is 55.8 Å². The van der Waals surface area contributed by atoms with E-state index in [9.17, 15) is 10.4 Å². The summed E-state index contributed by atoms with van der Waals surface area (Å²) in [7, 11) is 0. The van der Waals surface area contributed by atoms with E-state index in [0.29, 0.717) is 30.3 Å².